The highest BCUT2D eigenvalue weighted by molar-refractivity contribution is 5.72. The van der Waals surface area contributed by atoms with Crippen molar-refractivity contribution in [2.45, 2.75) is 46.0 Å². The van der Waals surface area contributed by atoms with Crippen LogP contribution in [0.2, 0.25) is 0 Å². The van der Waals surface area contributed by atoms with Crippen LogP contribution < -0.4 is 0 Å². The Kier molecular flexibility index (Phi) is 6.41. The summed E-state index contributed by atoms with van der Waals surface area (Å²) in [5.41, 5.74) is 0. The van der Waals surface area contributed by atoms with Gasteiger partial charge in [-0.2, -0.15) is 0 Å². The molecule has 0 rings (SSSR count). The molecule has 0 spiro atoms. The summed E-state index contributed by atoms with van der Waals surface area (Å²) in [6, 6.07) is 0. The summed E-state index contributed by atoms with van der Waals surface area (Å²) in [5.74, 6) is -1.16. The van der Waals surface area contributed by atoms with Gasteiger partial charge in [0.2, 0.25) is 0 Å². The summed E-state index contributed by atoms with van der Waals surface area (Å²) in [5, 5.41) is 0. The topological polar surface area (TPSA) is 26.3 Å². The van der Waals surface area contributed by atoms with Crippen molar-refractivity contribution < 1.29 is 18.3 Å². The number of hydrogen-bond donors (Lipinski definition) is 0. The monoisotopic (exact) mass is 208 g/mol. The van der Waals surface area contributed by atoms with Crippen molar-refractivity contribution in [3.8, 4) is 0 Å². The van der Waals surface area contributed by atoms with Gasteiger partial charge in [0, 0.05) is 0 Å². The normalized spacial score (nSPS) is 17.2. The van der Waals surface area contributed by atoms with Gasteiger partial charge in [0.1, 0.15) is 0 Å². The van der Waals surface area contributed by atoms with E-state index in [0.717, 1.165) is 0 Å². The van der Waals surface area contributed by atoms with Gasteiger partial charge in [0.25, 0.3) is 0 Å². The third-order valence-electron chi connectivity index (χ3n) is 1.84. The number of ether oxygens (including phenoxy) is 1. The van der Waals surface area contributed by atoms with Gasteiger partial charge < -0.3 is 4.74 Å². The standard InChI is InChI=1S/C10H18F2O2/c1-4-14-10(13)9(5-7(2)11)6-8(3)12/h7-9H,4-6H2,1-3H3. The van der Waals surface area contributed by atoms with E-state index in [1.807, 2.05) is 0 Å². The molecule has 0 N–H and O–H groups in total. The van der Waals surface area contributed by atoms with E-state index in [-0.39, 0.29) is 19.4 Å². The van der Waals surface area contributed by atoms with Gasteiger partial charge >= 0.3 is 5.97 Å². The third kappa shape index (κ3) is 5.89. The minimum atomic E-state index is -1.11. The van der Waals surface area contributed by atoms with E-state index in [2.05, 4.69) is 0 Å². The second kappa shape index (κ2) is 6.74. The lowest BCUT2D eigenvalue weighted by Gasteiger charge is -2.16. The van der Waals surface area contributed by atoms with E-state index in [9.17, 15) is 13.6 Å². The van der Waals surface area contributed by atoms with Crippen molar-refractivity contribution >= 4 is 5.97 Å². The third-order valence-corrected chi connectivity index (χ3v) is 1.84. The average Bonchev–Trinajstić information content (AvgIpc) is 2.01. The summed E-state index contributed by atoms with van der Waals surface area (Å²) >= 11 is 0. The first-order valence-corrected chi connectivity index (χ1v) is 4.92. The van der Waals surface area contributed by atoms with Crippen LogP contribution in [-0.4, -0.2) is 24.9 Å². The molecule has 14 heavy (non-hydrogen) atoms. The molecule has 0 aromatic carbocycles. The molecule has 2 unspecified atom stereocenters. The summed E-state index contributed by atoms with van der Waals surface area (Å²) in [6.45, 7) is 4.63. The highest BCUT2D eigenvalue weighted by atomic mass is 19.1. The second-order valence-corrected chi connectivity index (χ2v) is 3.48. The molecule has 2 nitrogen and oxygen atoms in total. The number of alkyl halides is 2. The Morgan fingerprint density at radius 1 is 1.21 bits per heavy atom. The van der Waals surface area contributed by atoms with Gasteiger partial charge in [-0.25, -0.2) is 8.78 Å². The lowest BCUT2D eigenvalue weighted by atomic mass is 9.97. The van der Waals surface area contributed by atoms with Crippen LogP contribution in [0.1, 0.15) is 33.6 Å². The van der Waals surface area contributed by atoms with Gasteiger partial charge in [-0.15, -0.1) is 0 Å². The van der Waals surface area contributed by atoms with Crippen LogP contribution in [-0.2, 0) is 9.53 Å². The first-order valence-electron chi connectivity index (χ1n) is 4.92. The SMILES string of the molecule is CCOC(=O)C(CC(C)F)CC(C)F. The number of esters is 1. The largest absolute Gasteiger partial charge is 0.466 e. The van der Waals surface area contributed by atoms with Crippen LogP contribution in [0.4, 0.5) is 8.78 Å². The van der Waals surface area contributed by atoms with Crippen LogP contribution in [0.3, 0.4) is 0 Å². The number of halogens is 2. The van der Waals surface area contributed by atoms with Gasteiger partial charge in [-0.1, -0.05) is 0 Å². The fourth-order valence-electron chi connectivity index (χ4n) is 1.33. The Morgan fingerprint density at radius 3 is 1.93 bits per heavy atom. The molecule has 0 bridgehead atoms. The Hall–Kier alpha value is -0.670. The smallest absolute Gasteiger partial charge is 0.309 e. The molecule has 0 saturated heterocycles. The average molecular weight is 208 g/mol. The minimum Gasteiger partial charge on any atom is -0.466 e. The highest BCUT2D eigenvalue weighted by Crippen LogP contribution is 2.18. The zero-order chi connectivity index (χ0) is 11.1. The first kappa shape index (κ1) is 13.3. The molecule has 4 heteroatoms. The van der Waals surface area contributed by atoms with Crippen LogP contribution >= 0.6 is 0 Å². The summed E-state index contributed by atoms with van der Waals surface area (Å²) in [4.78, 5) is 11.3. The van der Waals surface area contributed by atoms with Crippen molar-refractivity contribution in [1.82, 2.24) is 0 Å². The zero-order valence-electron chi connectivity index (χ0n) is 8.93. The van der Waals surface area contributed by atoms with Crippen molar-refractivity contribution in [3.63, 3.8) is 0 Å². The Morgan fingerprint density at radius 2 is 1.64 bits per heavy atom. The maximum Gasteiger partial charge on any atom is 0.309 e. The van der Waals surface area contributed by atoms with Crippen LogP contribution in [0.25, 0.3) is 0 Å². The molecule has 0 aromatic rings. The fraction of sp³-hybridized carbons (Fsp3) is 0.900. The molecule has 0 saturated carbocycles. The zero-order valence-corrected chi connectivity index (χ0v) is 8.93. The van der Waals surface area contributed by atoms with Gasteiger partial charge in [0.15, 0.2) is 0 Å². The van der Waals surface area contributed by atoms with E-state index in [1.165, 1.54) is 13.8 Å². The van der Waals surface area contributed by atoms with E-state index >= 15 is 0 Å². The Labute approximate surface area is 83.6 Å². The molecular formula is C10H18F2O2. The molecule has 0 fully saturated rings. The molecular weight excluding hydrogens is 190 g/mol. The van der Waals surface area contributed by atoms with Gasteiger partial charge in [-0.3, -0.25) is 4.79 Å². The van der Waals surface area contributed by atoms with Crippen LogP contribution in [0.15, 0.2) is 0 Å². The summed E-state index contributed by atoms with van der Waals surface area (Å²) in [6.07, 6.45) is -2.15. The molecule has 0 aliphatic carbocycles. The van der Waals surface area contributed by atoms with Crippen molar-refractivity contribution in [2.24, 2.45) is 5.92 Å². The quantitative estimate of drug-likeness (QED) is 0.627. The van der Waals surface area contributed by atoms with Crippen molar-refractivity contribution in [1.29, 1.82) is 0 Å². The molecule has 0 radical (unpaired) electrons. The summed E-state index contributed by atoms with van der Waals surface area (Å²) in [7, 11) is 0. The lowest BCUT2D eigenvalue weighted by molar-refractivity contribution is -0.149. The summed E-state index contributed by atoms with van der Waals surface area (Å²) < 4.78 is 30.1. The predicted molar refractivity (Wildman–Crippen MR) is 50.5 cm³/mol. The van der Waals surface area contributed by atoms with Gasteiger partial charge in [0.05, 0.1) is 24.9 Å². The fourth-order valence-corrected chi connectivity index (χ4v) is 1.33. The molecule has 0 heterocycles. The lowest BCUT2D eigenvalue weighted by Crippen LogP contribution is -2.23. The van der Waals surface area contributed by atoms with E-state index in [1.54, 1.807) is 6.92 Å². The molecule has 0 aromatic heterocycles. The molecule has 0 amide bonds. The van der Waals surface area contributed by atoms with Crippen molar-refractivity contribution in [2.75, 3.05) is 6.61 Å². The van der Waals surface area contributed by atoms with Crippen molar-refractivity contribution in [3.05, 3.63) is 0 Å². The predicted octanol–water partition coefficient (Wildman–Crippen LogP) is 2.66. The highest BCUT2D eigenvalue weighted by Gasteiger charge is 2.24. The molecule has 2 atom stereocenters. The number of carbonyl (C=O) groups excluding carboxylic acids is 1. The maximum absolute atomic E-state index is 12.7. The van der Waals surface area contributed by atoms with Gasteiger partial charge in [-0.05, 0) is 33.6 Å². The number of hydrogen-bond acceptors (Lipinski definition) is 2. The minimum absolute atomic E-state index is 0.0348. The Bertz CT molecular complexity index is 160. The maximum atomic E-state index is 12.7. The van der Waals surface area contributed by atoms with E-state index < -0.39 is 24.2 Å². The number of rotatable bonds is 6. The van der Waals surface area contributed by atoms with E-state index in [0.29, 0.717) is 0 Å². The molecule has 84 valence electrons. The van der Waals surface area contributed by atoms with Crippen LogP contribution in [0, 0.1) is 5.92 Å². The second-order valence-electron chi connectivity index (χ2n) is 3.48. The van der Waals surface area contributed by atoms with Crippen LogP contribution in [0.5, 0.6) is 0 Å². The first-order chi connectivity index (χ1) is 6.47. The van der Waals surface area contributed by atoms with E-state index in [4.69, 9.17) is 4.74 Å². The molecule has 0 aliphatic rings. The number of carbonyl (C=O) groups is 1. The molecule has 0 aliphatic heterocycles. The Balaban J connectivity index is 4.15.